The monoisotopic (exact) mass is 289 g/mol. The van der Waals surface area contributed by atoms with Gasteiger partial charge in [0, 0.05) is 18.2 Å². The maximum Gasteiger partial charge on any atom is 0.371 e. The lowest BCUT2D eigenvalue weighted by molar-refractivity contribution is -0.135. The van der Waals surface area contributed by atoms with Gasteiger partial charge >= 0.3 is 5.97 Å². The fourth-order valence-electron chi connectivity index (χ4n) is 1.80. The molecule has 0 fully saturated rings. The number of benzene rings is 1. The molecule has 0 aliphatic carbocycles. The average molecular weight is 289 g/mol. The normalized spacial score (nSPS) is 11.4. The van der Waals surface area contributed by atoms with Gasteiger partial charge in [0.1, 0.15) is 5.82 Å². The molecule has 0 radical (unpaired) electrons. The summed E-state index contributed by atoms with van der Waals surface area (Å²) in [5.74, 6) is -3.63. The molecule has 1 aromatic heterocycles. The molecule has 0 saturated heterocycles. The summed E-state index contributed by atoms with van der Waals surface area (Å²) in [7, 11) is 0. The molecule has 108 valence electrons. The van der Waals surface area contributed by atoms with Crippen LogP contribution in [0, 0.1) is 5.82 Å². The standard InChI is InChI=1S/C15H12FNO4/c16-11-4-2-1-3-9(11)7-10-5-6-12(17-10)13(18)8-14(19)15(20)21/h1-6,8,17,19H,7H2,(H,20,21). The van der Waals surface area contributed by atoms with E-state index in [1.807, 2.05) is 0 Å². The third-order valence-corrected chi connectivity index (χ3v) is 2.84. The van der Waals surface area contributed by atoms with Gasteiger partial charge in [-0.15, -0.1) is 0 Å². The number of aliphatic hydroxyl groups excluding tert-OH is 1. The molecule has 5 nitrogen and oxygen atoms in total. The van der Waals surface area contributed by atoms with E-state index in [1.54, 1.807) is 24.3 Å². The second-order valence-corrected chi connectivity index (χ2v) is 4.36. The minimum Gasteiger partial charge on any atom is -0.502 e. The molecule has 3 N–H and O–H groups in total. The van der Waals surface area contributed by atoms with Crippen molar-refractivity contribution in [2.45, 2.75) is 6.42 Å². The van der Waals surface area contributed by atoms with Crippen molar-refractivity contribution in [1.29, 1.82) is 0 Å². The molecule has 6 heteroatoms. The van der Waals surface area contributed by atoms with E-state index in [4.69, 9.17) is 10.2 Å². The third kappa shape index (κ3) is 3.56. The van der Waals surface area contributed by atoms with Crippen LogP contribution in [-0.2, 0) is 11.2 Å². The van der Waals surface area contributed by atoms with Gasteiger partial charge in [-0.2, -0.15) is 0 Å². The van der Waals surface area contributed by atoms with E-state index in [2.05, 4.69) is 4.98 Å². The fraction of sp³-hybridized carbons (Fsp3) is 0.0667. The summed E-state index contributed by atoms with van der Waals surface area (Å²) in [5, 5.41) is 17.5. The molecule has 0 spiro atoms. The predicted octanol–water partition coefficient (Wildman–Crippen LogP) is 2.45. The van der Waals surface area contributed by atoms with Crippen molar-refractivity contribution < 1.29 is 24.2 Å². The summed E-state index contributed by atoms with van der Waals surface area (Å²) in [4.78, 5) is 24.9. The first-order chi connectivity index (χ1) is 9.97. The van der Waals surface area contributed by atoms with E-state index in [0.717, 1.165) is 0 Å². The van der Waals surface area contributed by atoms with Crippen molar-refractivity contribution in [2.75, 3.05) is 0 Å². The Bertz CT molecular complexity index is 718. The van der Waals surface area contributed by atoms with E-state index in [1.165, 1.54) is 12.1 Å². The molecule has 0 aliphatic rings. The number of rotatable bonds is 5. The molecule has 1 aromatic carbocycles. The zero-order chi connectivity index (χ0) is 15.4. The number of allylic oxidation sites excluding steroid dienone is 1. The van der Waals surface area contributed by atoms with E-state index in [0.29, 0.717) is 17.3 Å². The third-order valence-electron chi connectivity index (χ3n) is 2.84. The number of hydrogen-bond donors (Lipinski definition) is 3. The van der Waals surface area contributed by atoms with Crippen molar-refractivity contribution in [3.8, 4) is 0 Å². The minimum absolute atomic E-state index is 0.120. The summed E-state index contributed by atoms with van der Waals surface area (Å²) < 4.78 is 13.5. The van der Waals surface area contributed by atoms with Gasteiger partial charge in [-0.1, -0.05) is 18.2 Å². The summed E-state index contributed by atoms with van der Waals surface area (Å²) >= 11 is 0. The maximum absolute atomic E-state index is 13.5. The lowest BCUT2D eigenvalue weighted by Gasteiger charge is -2.00. The summed E-state index contributed by atoms with van der Waals surface area (Å²) in [6.07, 6.45) is 0.885. The van der Waals surface area contributed by atoms with E-state index >= 15 is 0 Å². The van der Waals surface area contributed by atoms with Crippen molar-refractivity contribution in [1.82, 2.24) is 4.98 Å². The van der Waals surface area contributed by atoms with Crippen LogP contribution < -0.4 is 0 Å². The van der Waals surface area contributed by atoms with Crippen molar-refractivity contribution in [3.05, 3.63) is 71.0 Å². The van der Waals surface area contributed by atoms with Gasteiger partial charge in [-0.25, -0.2) is 9.18 Å². The molecule has 2 aromatic rings. The number of hydrogen-bond acceptors (Lipinski definition) is 3. The van der Waals surface area contributed by atoms with Crippen molar-refractivity contribution in [3.63, 3.8) is 0 Å². The van der Waals surface area contributed by atoms with Gasteiger partial charge in [0.2, 0.25) is 11.5 Å². The molecular formula is C15H12FNO4. The highest BCUT2D eigenvalue weighted by Gasteiger charge is 2.12. The highest BCUT2D eigenvalue weighted by atomic mass is 19.1. The first kappa shape index (κ1) is 14.5. The van der Waals surface area contributed by atoms with Crippen LogP contribution in [0.25, 0.3) is 0 Å². The molecule has 0 aliphatic heterocycles. The Kier molecular flexibility index (Phi) is 4.18. The van der Waals surface area contributed by atoms with Gasteiger partial charge in [0.05, 0.1) is 5.69 Å². The Morgan fingerprint density at radius 1 is 1.14 bits per heavy atom. The van der Waals surface area contributed by atoms with Crippen LogP contribution in [0.2, 0.25) is 0 Å². The molecule has 2 rings (SSSR count). The van der Waals surface area contributed by atoms with Crippen LogP contribution in [0.5, 0.6) is 0 Å². The molecule has 21 heavy (non-hydrogen) atoms. The number of carboxylic acids is 1. The van der Waals surface area contributed by atoms with E-state index in [9.17, 15) is 14.0 Å². The molecule has 0 bridgehead atoms. The van der Waals surface area contributed by atoms with E-state index < -0.39 is 17.5 Å². The topological polar surface area (TPSA) is 90.4 Å². The molecule has 0 amide bonds. The van der Waals surface area contributed by atoms with Crippen LogP contribution >= 0.6 is 0 Å². The molecule has 0 saturated carbocycles. The lowest BCUT2D eigenvalue weighted by Crippen LogP contribution is -2.04. The Hall–Kier alpha value is -2.89. The first-order valence-corrected chi connectivity index (χ1v) is 6.07. The molecular weight excluding hydrogens is 277 g/mol. The van der Waals surface area contributed by atoms with Crippen LogP contribution in [0.4, 0.5) is 4.39 Å². The second kappa shape index (κ2) is 6.04. The van der Waals surface area contributed by atoms with Gasteiger partial charge in [0.15, 0.2) is 0 Å². The number of nitrogens with one attached hydrogen (secondary N) is 1. The van der Waals surface area contributed by atoms with Gasteiger partial charge in [-0.3, -0.25) is 4.79 Å². The number of carbonyl (C=O) groups is 2. The SMILES string of the molecule is O=C(O)C(O)=CC(=O)c1ccc(Cc2ccccc2F)[nH]1. The van der Waals surface area contributed by atoms with Crippen molar-refractivity contribution in [2.24, 2.45) is 0 Å². The largest absolute Gasteiger partial charge is 0.502 e. The second-order valence-electron chi connectivity index (χ2n) is 4.36. The first-order valence-electron chi connectivity index (χ1n) is 6.07. The number of carboxylic acid groups (broad SMARTS) is 1. The van der Waals surface area contributed by atoms with Crippen LogP contribution in [0.1, 0.15) is 21.7 Å². The number of H-pyrrole nitrogens is 1. The molecule has 0 unspecified atom stereocenters. The number of carbonyl (C=O) groups excluding carboxylic acids is 1. The number of aromatic nitrogens is 1. The smallest absolute Gasteiger partial charge is 0.371 e. The van der Waals surface area contributed by atoms with Gasteiger partial charge in [-0.05, 0) is 23.8 Å². The quantitative estimate of drug-likeness (QED) is 0.448. The lowest BCUT2D eigenvalue weighted by atomic mass is 10.1. The van der Waals surface area contributed by atoms with E-state index in [-0.39, 0.29) is 17.9 Å². The number of aliphatic hydroxyl groups is 1. The van der Waals surface area contributed by atoms with Gasteiger partial charge in [0.25, 0.3) is 0 Å². The van der Waals surface area contributed by atoms with Crippen LogP contribution in [0.3, 0.4) is 0 Å². The summed E-state index contributed by atoms with van der Waals surface area (Å²) in [5.41, 5.74) is 1.20. The van der Waals surface area contributed by atoms with Gasteiger partial charge < -0.3 is 15.2 Å². The molecule has 1 heterocycles. The highest BCUT2D eigenvalue weighted by molar-refractivity contribution is 6.06. The summed E-state index contributed by atoms with van der Waals surface area (Å²) in [6.45, 7) is 0. The Morgan fingerprint density at radius 3 is 2.52 bits per heavy atom. The Morgan fingerprint density at radius 2 is 1.86 bits per heavy atom. The zero-order valence-corrected chi connectivity index (χ0v) is 10.8. The fourth-order valence-corrected chi connectivity index (χ4v) is 1.80. The highest BCUT2D eigenvalue weighted by Crippen LogP contribution is 2.13. The molecule has 0 atom stereocenters. The van der Waals surface area contributed by atoms with Crippen molar-refractivity contribution >= 4 is 11.8 Å². The summed E-state index contributed by atoms with van der Waals surface area (Å²) in [6, 6.07) is 9.32. The average Bonchev–Trinajstić information content (AvgIpc) is 2.90. The van der Waals surface area contributed by atoms with Crippen LogP contribution in [0.15, 0.2) is 48.2 Å². The Labute approximate surface area is 119 Å². The maximum atomic E-state index is 13.5. The number of ketones is 1. The number of aliphatic carboxylic acids is 1. The zero-order valence-electron chi connectivity index (χ0n) is 10.8. The van der Waals surface area contributed by atoms with Crippen LogP contribution in [-0.4, -0.2) is 26.9 Å². The predicted molar refractivity (Wildman–Crippen MR) is 72.7 cm³/mol. The number of aromatic amines is 1. The Balaban J connectivity index is 2.15. The minimum atomic E-state index is -1.58. The number of halogens is 1.